The van der Waals surface area contributed by atoms with Gasteiger partial charge in [0, 0.05) is 55.9 Å². The van der Waals surface area contributed by atoms with Gasteiger partial charge in [-0.1, -0.05) is 13.0 Å². The van der Waals surface area contributed by atoms with Crippen molar-refractivity contribution in [3.05, 3.63) is 54.4 Å². The van der Waals surface area contributed by atoms with E-state index in [0.29, 0.717) is 13.1 Å². The monoisotopic (exact) mass is 327 g/mol. The predicted molar refractivity (Wildman–Crippen MR) is 94.4 cm³/mol. The summed E-state index contributed by atoms with van der Waals surface area (Å²) < 4.78 is 2.00. The smallest absolute Gasteiger partial charge is 0.254 e. The molecule has 0 spiro atoms. The lowest BCUT2D eigenvalue weighted by Gasteiger charge is -2.38. The summed E-state index contributed by atoms with van der Waals surface area (Å²) in [6, 6.07) is 11.9. The number of carbonyl (C=O) groups excluding carboxylic acids is 1. The van der Waals surface area contributed by atoms with E-state index in [1.807, 2.05) is 58.3 Å². The van der Waals surface area contributed by atoms with E-state index in [2.05, 4.69) is 11.8 Å². The molecule has 1 N–H and O–H groups in total. The number of hydrogen-bond acceptors (Lipinski definition) is 3. The molecule has 128 valence electrons. The molecule has 0 radical (unpaired) electrons. The minimum absolute atomic E-state index is 0.0840. The van der Waals surface area contributed by atoms with Crippen molar-refractivity contribution >= 4 is 5.91 Å². The summed E-state index contributed by atoms with van der Waals surface area (Å²) in [6.07, 6.45) is 4.88. The molecule has 0 bridgehead atoms. The maximum atomic E-state index is 12.8. The van der Waals surface area contributed by atoms with Crippen LogP contribution in [0.5, 0.6) is 0 Å². The molecular weight excluding hydrogens is 302 g/mol. The molecule has 3 rings (SSSR count). The van der Waals surface area contributed by atoms with Crippen LogP contribution in [-0.2, 0) is 0 Å². The van der Waals surface area contributed by atoms with Crippen molar-refractivity contribution in [3.63, 3.8) is 0 Å². The molecular formula is C19H25N3O2. The molecule has 24 heavy (non-hydrogen) atoms. The second-order valence-electron chi connectivity index (χ2n) is 6.21. The Labute approximate surface area is 143 Å². The van der Waals surface area contributed by atoms with Crippen molar-refractivity contribution in [1.29, 1.82) is 0 Å². The molecule has 0 saturated carbocycles. The number of rotatable bonds is 5. The van der Waals surface area contributed by atoms with Crippen LogP contribution in [0, 0.1) is 0 Å². The van der Waals surface area contributed by atoms with Crippen molar-refractivity contribution in [1.82, 2.24) is 14.4 Å². The molecule has 2 heterocycles. The van der Waals surface area contributed by atoms with E-state index in [1.54, 1.807) is 0 Å². The maximum Gasteiger partial charge on any atom is 0.254 e. The van der Waals surface area contributed by atoms with Gasteiger partial charge in [-0.25, -0.2) is 0 Å². The molecule has 1 saturated heterocycles. The summed E-state index contributed by atoms with van der Waals surface area (Å²) in [5.74, 6) is 0.0840. The molecule has 1 fully saturated rings. The second kappa shape index (κ2) is 7.64. The fraction of sp³-hybridized carbons (Fsp3) is 0.421. The van der Waals surface area contributed by atoms with E-state index in [0.717, 1.165) is 30.8 Å². The first-order valence-electron chi connectivity index (χ1n) is 8.60. The highest BCUT2D eigenvalue weighted by atomic mass is 16.3. The summed E-state index contributed by atoms with van der Waals surface area (Å²) in [7, 11) is 0. The van der Waals surface area contributed by atoms with E-state index in [-0.39, 0.29) is 18.6 Å². The molecule has 2 aromatic rings. The maximum absolute atomic E-state index is 12.8. The first-order valence-corrected chi connectivity index (χ1v) is 8.60. The Bertz CT molecular complexity index is 657. The van der Waals surface area contributed by atoms with Crippen LogP contribution in [0.4, 0.5) is 0 Å². The van der Waals surface area contributed by atoms with Crippen LogP contribution in [0.2, 0.25) is 0 Å². The largest absolute Gasteiger partial charge is 0.395 e. The lowest BCUT2D eigenvalue weighted by Crippen LogP contribution is -2.52. The number of carbonyl (C=O) groups is 1. The summed E-state index contributed by atoms with van der Waals surface area (Å²) >= 11 is 0. The Balaban J connectivity index is 1.67. The van der Waals surface area contributed by atoms with Gasteiger partial charge in [-0.2, -0.15) is 0 Å². The van der Waals surface area contributed by atoms with Gasteiger partial charge >= 0.3 is 0 Å². The highest BCUT2D eigenvalue weighted by Gasteiger charge is 2.25. The van der Waals surface area contributed by atoms with Gasteiger partial charge in [0.25, 0.3) is 5.91 Å². The zero-order valence-corrected chi connectivity index (χ0v) is 14.1. The van der Waals surface area contributed by atoms with Gasteiger partial charge in [-0.05, 0) is 36.8 Å². The highest BCUT2D eigenvalue weighted by Crippen LogP contribution is 2.15. The fourth-order valence-corrected chi connectivity index (χ4v) is 3.28. The van der Waals surface area contributed by atoms with Gasteiger partial charge in [0.05, 0.1) is 6.61 Å². The summed E-state index contributed by atoms with van der Waals surface area (Å²) in [6.45, 7) is 5.34. The highest BCUT2D eigenvalue weighted by molar-refractivity contribution is 5.94. The Morgan fingerprint density at radius 1 is 1.12 bits per heavy atom. The molecule has 0 aliphatic carbocycles. The van der Waals surface area contributed by atoms with Gasteiger partial charge in [0.1, 0.15) is 0 Å². The molecule has 1 amide bonds. The number of piperazine rings is 1. The van der Waals surface area contributed by atoms with Gasteiger partial charge in [0.15, 0.2) is 0 Å². The van der Waals surface area contributed by atoms with Crippen LogP contribution < -0.4 is 0 Å². The Morgan fingerprint density at radius 3 is 2.46 bits per heavy atom. The normalized spacial score (nSPS) is 17.0. The van der Waals surface area contributed by atoms with E-state index < -0.39 is 0 Å². The Kier molecular flexibility index (Phi) is 5.33. The minimum atomic E-state index is 0.0840. The number of aromatic nitrogens is 1. The van der Waals surface area contributed by atoms with E-state index >= 15 is 0 Å². The molecule has 1 aromatic heterocycles. The molecule has 1 aliphatic heterocycles. The first-order chi connectivity index (χ1) is 11.7. The van der Waals surface area contributed by atoms with Crippen molar-refractivity contribution in [3.8, 4) is 5.69 Å². The topological polar surface area (TPSA) is 48.7 Å². The van der Waals surface area contributed by atoms with Crippen molar-refractivity contribution in [2.45, 2.75) is 19.4 Å². The van der Waals surface area contributed by atoms with Gasteiger partial charge in [-0.3, -0.25) is 9.69 Å². The van der Waals surface area contributed by atoms with Crippen LogP contribution in [0.15, 0.2) is 48.8 Å². The lowest BCUT2D eigenvalue weighted by atomic mass is 10.1. The van der Waals surface area contributed by atoms with Crippen LogP contribution in [0.3, 0.4) is 0 Å². The predicted octanol–water partition coefficient (Wildman–Crippen LogP) is 2.01. The molecule has 1 unspecified atom stereocenters. The molecule has 1 aliphatic rings. The minimum Gasteiger partial charge on any atom is -0.395 e. The standard InChI is InChI=1S/C19H25N3O2/c1-2-17(15-23)21-10-12-22(13-11-21)19(24)16-6-5-7-18(14-16)20-8-3-4-9-20/h3-9,14,17,23H,2,10-13,15H2,1H3. The molecule has 1 atom stereocenters. The molecule has 1 aromatic carbocycles. The van der Waals surface area contributed by atoms with Crippen molar-refractivity contribution < 1.29 is 9.90 Å². The summed E-state index contributed by atoms with van der Waals surface area (Å²) in [5, 5.41) is 9.43. The zero-order chi connectivity index (χ0) is 16.9. The van der Waals surface area contributed by atoms with E-state index in [9.17, 15) is 9.90 Å². The lowest BCUT2D eigenvalue weighted by molar-refractivity contribution is 0.0472. The third-order valence-electron chi connectivity index (χ3n) is 4.80. The first kappa shape index (κ1) is 16.7. The van der Waals surface area contributed by atoms with Crippen LogP contribution in [0.25, 0.3) is 5.69 Å². The second-order valence-corrected chi connectivity index (χ2v) is 6.21. The van der Waals surface area contributed by atoms with E-state index in [4.69, 9.17) is 0 Å². The third-order valence-corrected chi connectivity index (χ3v) is 4.80. The van der Waals surface area contributed by atoms with Crippen LogP contribution >= 0.6 is 0 Å². The average Bonchev–Trinajstić information content (AvgIpc) is 3.18. The Morgan fingerprint density at radius 2 is 1.83 bits per heavy atom. The zero-order valence-electron chi connectivity index (χ0n) is 14.1. The number of aliphatic hydroxyl groups excluding tert-OH is 1. The quantitative estimate of drug-likeness (QED) is 0.914. The van der Waals surface area contributed by atoms with Crippen molar-refractivity contribution in [2.75, 3.05) is 32.8 Å². The van der Waals surface area contributed by atoms with Crippen LogP contribution in [-0.4, -0.2) is 64.2 Å². The van der Waals surface area contributed by atoms with Crippen molar-refractivity contribution in [2.24, 2.45) is 0 Å². The third kappa shape index (κ3) is 3.52. The van der Waals surface area contributed by atoms with E-state index in [1.165, 1.54) is 0 Å². The summed E-state index contributed by atoms with van der Waals surface area (Å²) in [4.78, 5) is 17.0. The summed E-state index contributed by atoms with van der Waals surface area (Å²) in [5.41, 5.74) is 1.72. The number of hydrogen-bond donors (Lipinski definition) is 1. The SMILES string of the molecule is CCC(CO)N1CCN(C(=O)c2cccc(-n3cccc3)c2)CC1. The fourth-order valence-electron chi connectivity index (χ4n) is 3.28. The average molecular weight is 327 g/mol. The number of amides is 1. The van der Waals surface area contributed by atoms with Gasteiger partial charge < -0.3 is 14.6 Å². The Hall–Kier alpha value is -2.11. The molecule has 5 heteroatoms. The van der Waals surface area contributed by atoms with Gasteiger partial charge in [0.2, 0.25) is 0 Å². The van der Waals surface area contributed by atoms with Crippen LogP contribution in [0.1, 0.15) is 23.7 Å². The number of benzene rings is 1. The molecule has 5 nitrogen and oxygen atoms in total. The number of nitrogens with zero attached hydrogens (tertiary/aromatic N) is 3. The van der Waals surface area contributed by atoms with Gasteiger partial charge in [-0.15, -0.1) is 0 Å². The number of aliphatic hydroxyl groups is 1.